The van der Waals surface area contributed by atoms with Gasteiger partial charge in [0.25, 0.3) is 0 Å². The van der Waals surface area contributed by atoms with Gasteiger partial charge >= 0.3 is 0 Å². The van der Waals surface area contributed by atoms with E-state index in [9.17, 15) is 13.2 Å². The van der Waals surface area contributed by atoms with Crippen molar-refractivity contribution in [2.45, 2.75) is 38.1 Å². The van der Waals surface area contributed by atoms with Gasteiger partial charge in [0.1, 0.15) is 0 Å². The second kappa shape index (κ2) is 8.89. The van der Waals surface area contributed by atoms with Crippen LogP contribution >= 0.6 is 11.3 Å². The maximum atomic E-state index is 13.3. The van der Waals surface area contributed by atoms with Crippen LogP contribution in [0.2, 0.25) is 0 Å². The van der Waals surface area contributed by atoms with E-state index in [4.69, 9.17) is 4.52 Å². The first-order valence-corrected chi connectivity index (χ1v) is 12.3. The van der Waals surface area contributed by atoms with E-state index in [1.807, 2.05) is 30.3 Å². The molecule has 8 nitrogen and oxygen atoms in total. The van der Waals surface area contributed by atoms with Crippen LogP contribution < -0.4 is 5.32 Å². The number of aromatic nitrogens is 2. The van der Waals surface area contributed by atoms with E-state index in [-0.39, 0.29) is 23.3 Å². The van der Waals surface area contributed by atoms with Crippen LogP contribution in [0.5, 0.6) is 0 Å². The van der Waals surface area contributed by atoms with Crippen LogP contribution in [0.3, 0.4) is 0 Å². The number of piperidine rings is 1. The number of thiophene rings is 1. The molecule has 4 rings (SSSR count). The highest BCUT2D eigenvalue weighted by Crippen LogP contribution is 2.34. The molecule has 1 N–H and O–H groups in total. The van der Waals surface area contributed by atoms with E-state index in [1.54, 1.807) is 19.9 Å². The molecule has 1 aliphatic heterocycles. The SMILES string of the molecule is Cc1nc(-c2cc(S(=O)(=O)N3CCC[C@@H](C(=O)NCc4ccccc4)C3)c(C)s2)no1. The molecule has 1 aliphatic rings. The molecule has 1 amide bonds. The van der Waals surface area contributed by atoms with Crippen LogP contribution in [0.15, 0.2) is 45.8 Å². The van der Waals surface area contributed by atoms with Crippen molar-refractivity contribution in [1.82, 2.24) is 19.8 Å². The van der Waals surface area contributed by atoms with E-state index in [0.717, 1.165) is 5.56 Å². The highest BCUT2D eigenvalue weighted by molar-refractivity contribution is 7.89. The standard InChI is InChI=1S/C21H24N4O4S2/c1-14-19(11-18(30-14)20-23-15(2)29-24-20)31(27,28)25-10-6-9-17(13-25)21(26)22-12-16-7-4-3-5-8-16/h3-5,7-8,11,17H,6,9-10,12-13H2,1-2H3,(H,22,26)/t17-/m1/s1. The number of nitrogens with one attached hydrogen (secondary N) is 1. The third kappa shape index (κ3) is 4.70. The Morgan fingerprint density at radius 1 is 1.29 bits per heavy atom. The van der Waals surface area contributed by atoms with Crippen molar-refractivity contribution in [2.24, 2.45) is 5.92 Å². The molecule has 0 saturated carbocycles. The molecule has 31 heavy (non-hydrogen) atoms. The van der Waals surface area contributed by atoms with Gasteiger partial charge in [0.05, 0.1) is 15.7 Å². The summed E-state index contributed by atoms with van der Waals surface area (Å²) in [7, 11) is -3.73. The molecule has 0 unspecified atom stereocenters. The summed E-state index contributed by atoms with van der Waals surface area (Å²) in [6.45, 7) is 4.46. The van der Waals surface area contributed by atoms with Gasteiger partial charge in [-0.3, -0.25) is 4.79 Å². The number of carbonyl (C=O) groups is 1. The van der Waals surface area contributed by atoms with E-state index in [0.29, 0.717) is 47.4 Å². The van der Waals surface area contributed by atoms with Crippen LogP contribution in [0.25, 0.3) is 10.7 Å². The van der Waals surface area contributed by atoms with Gasteiger partial charge < -0.3 is 9.84 Å². The molecule has 2 aromatic heterocycles. The van der Waals surface area contributed by atoms with Gasteiger partial charge in [-0.2, -0.15) is 9.29 Å². The number of carbonyl (C=O) groups excluding carboxylic acids is 1. The lowest BCUT2D eigenvalue weighted by atomic mass is 9.99. The predicted molar refractivity (Wildman–Crippen MR) is 117 cm³/mol. The topological polar surface area (TPSA) is 105 Å². The van der Waals surface area contributed by atoms with Gasteiger partial charge in [-0.05, 0) is 31.4 Å². The molecule has 1 saturated heterocycles. The zero-order valence-electron chi connectivity index (χ0n) is 17.4. The minimum Gasteiger partial charge on any atom is -0.352 e. The monoisotopic (exact) mass is 460 g/mol. The van der Waals surface area contributed by atoms with Crippen molar-refractivity contribution >= 4 is 27.3 Å². The summed E-state index contributed by atoms with van der Waals surface area (Å²) in [5.41, 5.74) is 1.01. The Kier molecular flexibility index (Phi) is 6.22. The van der Waals surface area contributed by atoms with Crippen molar-refractivity contribution < 1.29 is 17.7 Å². The molecule has 0 aliphatic carbocycles. The molecular weight excluding hydrogens is 436 g/mol. The number of hydrogen-bond donors (Lipinski definition) is 1. The van der Waals surface area contributed by atoms with Gasteiger partial charge in [-0.1, -0.05) is 35.5 Å². The minimum atomic E-state index is -3.73. The molecule has 164 valence electrons. The molecule has 1 fully saturated rings. The number of aryl methyl sites for hydroxylation is 2. The lowest BCUT2D eigenvalue weighted by Crippen LogP contribution is -2.45. The summed E-state index contributed by atoms with van der Waals surface area (Å²) < 4.78 is 33.1. The number of hydrogen-bond acceptors (Lipinski definition) is 7. The van der Waals surface area contributed by atoms with Gasteiger partial charge in [-0.15, -0.1) is 11.3 Å². The summed E-state index contributed by atoms with van der Waals surface area (Å²) in [6.07, 6.45) is 1.31. The molecule has 1 aromatic carbocycles. The number of amides is 1. The van der Waals surface area contributed by atoms with Crippen molar-refractivity contribution in [3.8, 4) is 10.7 Å². The highest BCUT2D eigenvalue weighted by Gasteiger charge is 2.35. The third-order valence-electron chi connectivity index (χ3n) is 5.30. The van der Waals surface area contributed by atoms with Gasteiger partial charge in [-0.25, -0.2) is 8.42 Å². The molecule has 0 bridgehead atoms. The third-order valence-corrected chi connectivity index (χ3v) is 8.47. The van der Waals surface area contributed by atoms with Gasteiger partial charge in [0.15, 0.2) is 0 Å². The van der Waals surface area contributed by atoms with Crippen molar-refractivity contribution in [3.63, 3.8) is 0 Å². The van der Waals surface area contributed by atoms with Crippen LogP contribution in [-0.4, -0.2) is 41.9 Å². The molecule has 1 atom stereocenters. The first kappa shape index (κ1) is 21.7. The largest absolute Gasteiger partial charge is 0.352 e. The smallest absolute Gasteiger partial charge is 0.244 e. The van der Waals surface area contributed by atoms with E-state index in [1.165, 1.54) is 15.6 Å². The summed E-state index contributed by atoms with van der Waals surface area (Å²) in [6, 6.07) is 11.2. The van der Waals surface area contributed by atoms with Crippen LogP contribution in [0, 0.1) is 19.8 Å². The van der Waals surface area contributed by atoms with E-state index >= 15 is 0 Å². The molecular formula is C21H24N4O4S2. The average Bonchev–Trinajstić information content (AvgIpc) is 3.38. The maximum Gasteiger partial charge on any atom is 0.244 e. The summed E-state index contributed by atoms with van der Waals surface area (Å²) >= 11 is 1.31. The quantitative estimate of drug-likeness (QED) is 0.606. The fraction of sp³-hybridized carbons (Fsp3) is 0.381. The number of benzene rings is 1. The van der Waals surface area contributed by atoms with Gasteiger partial charge in [0.2, 0.25) is 27.6 Å². The second-order valence-corrected chi connectivity index (χ2v) is 10.7. The molecule has 3 heterocycles. The van der Waals surface area contributed by atoms with Crippen LogP contribution in [-0.2, 0) is 21.4 Å². The minimum absolute atomic E-state index is 0.117. The average molecular weight is 461 g/mol. The normalized spacial score (nSPS) is 17.5. The Bertz CT molecular complexity index is 1170. The zero-order chi connectivity index (χ0) is 22.0. The second-order valence-electron chi connectivity index (χ2n) is 7.57. The number of rotatable bonds is 6. The van der Waals surface area contributed by atoms with Crippen molar-refractivity contribution in [3.05, 3.63) is 52.7 Å². The summed E-state index contributed by atoms with van der Waals surface area (Å²) in [5.74, 6) is 0.314. The Balaban J connectivity index is 1.47. The fourth-order valence-corrected chi connectivity index (χ4v) is 6.68. The molecule has 0 spiro atoms. The van der Waals surface area contributed by atoms with Crippen LogP contribution in [0.4, 0.5) is 0 Å². The number of nitrogens with zero attached hydrogens (tertiary/aromatic N) is 3. The summed E-state index contributed by atoms with van der Waals surface area (Å²) in [4.78, 5) is 18.4. The van der Waals surface area contributed by atoms with E-state index < -0.39 is 10.0 Å². The first-order valence-electron chi connectivity index (χ1n) is 10.1. The lowest BCUT2D eigenvalue weighted by molar-refractivity contribution is -0.126. The highest BCUT2D eigenvalue weighted by atomic mass is 32.2. The lowest BCUT2D eigenvalue weighted by Gasteiger charge is -2.31. The van der Waals surface area contributed by atoms with Crippen molar-refractivity contribution in [1.29, 1.82) is 0 Å². The maximum absolute atomic E-state index is 13.3. The van der Waals surface area contributed by atoms with Crippen molar-refractivity contribution in [2.75, 3.05) is 13.1 Å². The summed E-state index contributed by atoms with van der Waals surface area (Å²) in [5, 5.41) is 6.81. The van der Waals surface area contributed by atoms with E-state index in [2.05, 4.69) is 15.5 Å². The Morgan fingerprint density at radius 2 is 2.06 bits per heavy atom. The number of sulfonamides is 1. The zero-order valence-corrected chi connectivity index (χ0v) is 19.0. The molecule has 0 radical (unpaired) electrons. The Morgan fingerprint density at radius 3 is 2.77 bits per heavy atom. The first-order chi connectivity index (χ1) is 14.8. The molecule has 10 heteroatoms. The van der Waals surface area contributed by atoms with Gasteiger partial charge in [0, 0.05) is 31.4 Å². The Hall–Kier alpha value is -2.56. The fourth-order valence-electron chi connectivity index (χ4n) is 3.67. The molecule has 3 aromatic rings. The van der Waals surface area contributed by atoms with Crippen LogP contribution in [0.1, 0.15) is 29.2 Å². The Labute approximate surface area is 185 Å². The predicted octanol–water partition coefficient (Wildman–Crippen LogP) is 3.13.